The van der Waals surface area contributed by atoms with Crippen LogP contribution >= 0.6 is 0 Å². The van der Waals surface area contributed by atoms with E-state index in [-0.39, 0.29) is 11.8 Å². The van der Waals surface area contributed by atoms with Gasteiger partial charge in [-0.15, -0.1) is 0 Å². The average molecular weight is 232 g/mol. The van der Waals surface area contributed by atoms with Crippen molar-refractivity contribution >= 4 is 5.78 Å². The molecule has 0 bridgehead atoms. The molecule has 1 aromatic rings. The number of ketones is 1. The first kappa shape index (κ1) is 12.2. The largest absolute Gasteiger partial charge is 0.493 e. The fourth-order valence-corrected chi connectivity index (χ4v) is 2.54. The molecule has 1 aromatic carbocycles. The van der Waals surface area contributed by atoms with Crippen molar-refractivity contribution in [3.8, 4) is 5.75 Å². The van der Waals surface area contributed by atoms with Crippen LogP contribution in [0.5, 0.6) is 5.75 Å². The van der Waals surface area contributed by atoms with Gasteiger partial charge in [0.2, 0.25) is 0 Å². The molecule has 0 fully saturated rings. The van der Waals surface area contributed by atoms with Gasteiger partial charge < -0.3 is 4.74 Å². The number of rotatable bonds is 4. The van der Waals surface area contributed by atoms with Gasteiger partial charge in [-0.3, -0.25) is 4.79 Å². The molecular weight excluding hydrogens is 212 g/mol. The summed E-state index contributed by atoms with van der Waals surface area (Å²) >= 11 is 0. The van der Waals surface area contributed by atoms with Crippen molar-refractivity contribution in [3.05, 3.63) is 29.8 Å². The fourth-order valence-electron chi connectivity index (χ4n) is 2.54. The minimum Gasteiger partial charge on any atom is -0.493 e. The fraction of sp³-hybridized carbons (Fsp3) is 0.533. The Morgan fingerprint density at radius 3 is 2.76 bits per heavy atom. The summed E-state index contributed by atoms with van der Waals surface area (Å²) < 4.78 is 5.68. The Labute approximate surface area is 103 Å². The second kappa shape index (κ2) is 5.35. The average Bonchev–Trinajstić information content (AvgIpc) is 2.39. The normalized spacial score (nSPS) is 18.6. The number of ether oxygens (including phenoxy) is 1. The van der Waals surface area contributed by atoms with E-state index in [4.69, 9.17) is 4.74 Å². The van der Waals surface area contributed by atoms with Crippen LogP contribution in [-0.4, -0.2) is 12.4 Å². The van der Waals surface area contributed by atoms with Crippen molar-refractivity contribution in [2.75, 3.05) is 6.61 Å². The van der Waals surface area contributed by atoms with E-state index < -0.39 is 0 Å². The molecule has 92 valence electrons. The van der Waals surface area contributed by atoms with E-state index in [1.807, 2.05) is 18.2 Å². The van der Waals surface area contributed by atoms with Crippen molar-refractivity contribution in [2.45, 2.75) is 33.1 Å². The van der Waals surface area contributed by atoms with E-state index in [2.05, 4.69) is 19.9 Å². The molecule has 1 aliphatic heterocycles. The number of hydrogen-bond acceptors (Lipinski definition) is 2. The maximum absolute atomic E-state index is 12.3. The molecule has 1 heterocycles. The Bertz CT molecular complexity index is 394. The van der Waals surface area contributed by atoms with Gasteiger partial charge in [-0.2, -0.15) is 0 Å². The molecule has 2 heteroatoms. The highest BCUT2D eigenvalue weighted by Gasteiger charge is 2.29. The predicted molar refractivity (Wildman–Crippen MR) is 68.2 cm³/mol. The van der Waals surface area contributed by atoms with Gasteiger partial charge in [0.25, 0.3) is 0 Å². The van der Waals surface area contributed by atoms with Crippen LogP contribution in [0.4, 0.5) is 0 Å². The minimum absolute atomic E-state index is 0.0507. The molecule has 0 saturated heterocycles. The van der Waals surface area contributed by atoms with Gasteiger partial charge in [0.1, 0.15) is 11.5 Å². The first-order chi connectivity index (χ1) is 8.26. The number of carbonyl (C=O) groups is 1. The van der Waals surface area contributed by atoms with Crippen molar-refractivity contribution in [1.29, 1.82) is 0 Å². The van der Waals surface area contributed by atoms with Crippen molar-refractivity contribution in [2.24, 2.45) is 11.8 Å². The maximum Gasteiger partial charge on any atom is 0.142 e. The molecular formula is C15H20O2. The number of benzene rings is 1. The Morgan fingerprint density at radius 1 is 1.35 bits per heavy atom. The standard InChI is InChI=1S/C15H20O2/c1-3-11(4-2)15(16)13-9-12-7-5-6-8-14(12)17-10-13/h5-8,11,13H,3-4,9-10H2,1-2H3. The van der Waals surface area contributed by atoms with E-state index in [0.717, 1.165) is 25.0 Å². The van der Waals surface area contributed by atoms with Gasteiger partial charge >= 0.3 is 0 Å². The number of hydrogen-bond donors (Lipinski definition) is 0. The smallest absolute Gasteiger partial charge is 0.142 e. The highest BCUT2D eigenvalue weighted by atomic mass is 16.5. The Kier molecular flexibility index (Phi) is 3.82. The van der Waals surface area contributed by atoms with Gasteiger partial charge in [-0.25, -0.2) is 0 Å². The summed E-state index contributed by atoms with van der Waals surface area (Å²) in [5, 5.41) is 0. The van der Waals surface area contributed by atoms with Crippen LogP contribution in [0.1, 0.15) is 32.3 Å². The Hall–Kier alpha value is -1.31. The molecule has 1 atom stereocenters. The van der Waals surface area contributed by atoms with Gasteiger partial charge in [-0.05, 0) is 30.9 Å². The molecule has 1 aliphatic rings. The van der Waals surface area contributed by atoms with E-state index in [9.17, 15) is 4.79 Å². The molecule has 0 spiro atoms. The SMILES string of the molecule is CCC(CC)C(=O)C1COc2ccccc2C1. The molecule has 0 aromatic heterocycles. The number of fused-ring (bicyclic) bond motifs is 1. The van der Waals surface area contributed by atoms with Crippen LogP contribution in [-0.2, 0) is 11.2 Å². The van der Waals surface area contributed by atoms with E-state index >= 15 is 0 Å². The quantitative estimate of drug-likeness (QED) is 0.796. The molecule has 1 unspecified atom stereocenters. The molecule has 0 amide bonds. The van der Waals surface area contributed by atoms with Crippen LogP contribution in [0.3, 0.4) is 0 Å². The Morgan fingerprint density at radius 2 is 2.06 bits per heavy atom. The number of Topliss-reactive ketones (excluding diaryl/α,β-unsaturated/α-hetero) is 1. The number of carbonyl (C=O) groups excluding carboxylic acids is 1. The summed E-state index contributed by atoms with van der Waals surface area (Å²) in [6.07, 6.45) is 2.71. The van der Waals surface area contributed by atoms with Crippen molar-refractivity contribution in [1.82, 2.24) is 0 Å². The first-order valence-corrected chi connectivity index (χ1v) is 6.50. The summed E-state index contributed by atoms with van der Waals surface area (Å²) in [4.78, 5) is 12.3. The van der Waals surface area contributed by atoms with Crippen LogP contribution in [0.15, 0.2) is 24.3 Å². The highest BCUT2D eigenvalue weighted by Crippen LogP contribution is 2.29. The molecule has 17 heavy (non-hydrogen) atoms. The number of para-hydroxylation sites is 1. The molecule has 2 rings (SSSR count). The van der Waals surface area contributed by atoms with Crippen LogP contribution < -0.4 is 4.74 Å². The minimum atomic E-state index is 0.0507. The summed E-state index contributed by atoms with van der Waals surface area (Å²) in [6, 6.07) is 8.02. The lowest BCUT2D eigenvalue weighted by Crippen LogP contribution is -2.32. The predicted octanol–water partition coefficient (Wildman–Crippen LogP) is 3.24. The lowest BCUT2D eigenvalue weighted by Gasteiger charge is -2.26. The van der Waals surface area contributed by atoms with Gasteiger partial charge in [0, 0.05) is 5.92 Å². The van der Waals surface area contributed by atoms with Gasteiger partial charge in [0.05, 0.1) is 12.5 Å². The first-order valence-electron chi connectivity index (χ1n) is 6.50. The van der Waals surface area contributed by atoms with E-state index in [1.54, 1.807) is 0 Å². The Balaban J connectivity index is 2.09. The third-order valence-electron chi connectivity index (χ3n) is 3.67. The van der Waals surface area contributed by atoms with Gasteiger partial charge in [-0.1, -0.05) is 32.0 Å². The second-order valence-electron chi connectivity index (χ2n) is 4.74. The zero-order valence-corrected chi connectivity index (χ0v) is 10.6. The molecule has 0 aliphatic carbocycles. The van der Waals surface area contributed by atoms with Gasteiger partial charge in [0.15, 0.2) is 0 Å². The lowest BCUT2D eigenvalue weighted by atomic mass is 9.84. The monoisotopic (exact) mass is 232 g/mol. The van der Waals surface area contributed by atoms with E-state index in [1.165, 1.54) is 5.56 Å². The summed E-state index contributed by atoms with van der Waals surface area (Å²) in [5.41, 5.74) is 1.17. The lowest BCUT2D eigenvalue weighted by molar-refractivity contribution is -0.128. The summed E-state index contributed by atoms with van der Waals surface area (Å²) in [6.45, 7) is 4.72. The molecule has 2 nitrogen and oxygen atoms in total. The maximum atomic E-state index is 12.3. The summed E-state index contributed by atoms with van der Waals surface area (Å²) in [5.74, 6) is 1.58. The highest BCUT2D eigenvalue weighted by molar-refractivity contribution is 5.84. The molecule has 0 saturated carbocycles. The topological polar surface area (TPSA) is 26.3 Å². The second-order valence-corrected chi connectivity index (χ2v) is 4.74. The van der Waals surface area contributed by atoms with E-state index in [0.29, 0.717) is 12.4 Å². The van der Waals surface area contributed by atoms with Crippen molar-refractivity contribution in [3.63, 3.8) is 0 Å². The van der Waals surface area contributed by atoms with Crippen LogP contribution in [0.2, 0.25) is 0 Å². The molecule has 0 N–H and O–H groups in total. The van der Waals surface area contributed by atoms with Crippen LogP contribution in [0.25, 0.3) is 0 Å². The zero-order valence-electron chi connectivity index (χ0n) is 10.6. The molecule has 0 radical (unpaired) electrons. The third-order valence-corrected chi connectivity index (χ3v) is 3.67. The third kappa shape index (κ3) is 2.51. The zero-order chi connectivity index (χ0) is 12.3. The summed E-state index contributed by atoms with van der Waals surface area (Å²) in [7, 11) is 0. The van der Waals surface area contributed by atoms with Crippen LogP contribution in [0, 0.1) is 11.8 Å². The van der Waals surface area contributed by atoms with Crippen molar-refractivity contribution < 1.29 is 9.53 Å².